The van der Waals surface area contributed by atoms with Crippen molar-refractivity contribution in [2.45, 2.75) is 6.10 Å². The molecule has 21 heavy (non-hydrogen) atoms. The third-order valence-electron chi connectivity index (χ3n) is 3.27. The summed E-state index contributed by atoms with van der Waals surface area (Å²) in [5.41, 5.74) is 1.21. The van der Waals surface area contributed by atoms with Crippen LogP contribution in [0.5, 0.6) is 5.75 Å². The molecule has 0 aliphatic carbocycles. The van der Waals surface area contributed by atoms with E-state index in [1.807, 2.05) is 18.2 Å². The van der Waals surface area contributed by atoms with Crippen molar-refractivity contribution in [3.8, 4) is 5.75 Å². The molecule has 0 aliphatic rings. The number of para-hydroxylation sites is 1. The Hall–Kier alpha value is -1.49. The molecule has 0 amide bonds. The molecule has 5 heteroatoms. The molecule has 3 nitrogen and oxygen atoms in total. The Balaban J connectivity index is 2.08. The second kappa shape index (κ2) is 5.72. The molecule has 1 atom stereocenters. The largest absolute Gasteiger partial charge is 0.496 e. The molecule has 1 unspecified atom stereocenters. The first-order valence-corrected chi connectivity index (χ1v) is 7.46. The van der Waals surface area contributed by atoms with Crippen molar-refractivity contribution >= 4 is 38.5 Å². The number of halogens is 2. The Morgan fingerprint density at radius 2 is 2.05 bits per heavy atom. The van der Waals surface area contributed by atoms with E-state index in [1.165, 1.54) is 0 Å². The van der Waals surface area contributed by atoms with Gasteiger partial charge in [0.25, 0.3) is 0 Å². The normalized spacial score (nSPS) is 12.6. The molecular weight excluding hydrogens is 356 g/mol. The summed E-state index contributed by atoms with van der Waals surface area (Å²) in [6.07, 6.45) is -0.920. The first-order valence-electron chi connectivity index (χ1n) is 6.29. The maximum absolute atomic E-state index is 10.6. The quantitative estimate of drug-likeness (QED) is 0.713. The van der Waals surface area contributed by atoms with E-state index < -0.39 is 6.10 Å². The molecule has 2 aromatic carbocycles. The Morgan fingerprint density at radius 1 is 1.24 bits per heavy atom. The van der Waals surface area contributed by atoms with E-state index in [0.717, 1.165) is 9.86 Å². The third kappa shape index (κ3) is 2.67. The van der Waals surface area contributed by atoms with Crippen molar-refractivity contribution in [3.05, 3.63) is 63.3 Å². The van der Waals surface area contributed by atoms with Gasteiger partial charge in [-0.1, -0.05) is 45.7 Å². The first kappa shape index (κ1) is 14.4. The number of benzene rings is 2. The lowest BCUT2D eigenvalue weighted by Crippen LogP contribution is -2.01. The Kier molecular flexibility index (Phi) is 3.93. The molecule has 0 spiro atoms. The minimum atomic E-state index is -0.920. The number of hydrogen-bond acceptors (Lipinski definition) is 3. The number of aliphatic hydroxyl groups excluding tert-OH is 1. The van der Waals surface area contributed by atoms with Crippen LogP contribution in [0.15, 0.2) is 51.4 Å². The molecular formula is C16H12BrClO3. The second-order valence-electron chi connectivity index (χ2n) is 4.60. The van der Waals surface area contributed by atoms with Gasteiger partial charge in [-0.3, -0.25) is 0 Å². The summed E-state index contributed by atoms with van der Waals surface area (Å²) in [5, 5.41) is 11.9. The standard InChI is InChI=1S/C16H12BrClO3/c1-20-13-8-10(17)5-6-11(13)15(19)14-7-9-3-2-4-12(18)16(9)21-14/h2-8,15,19H,1H3. The average Bonchev–Trinajstić information content (AvgIpc) is 2.92. The zero-order chi connectivity index (χ0) is 15.0. The van der Waals surface area contributed by atoms with Crippen LogP contribution in [0.3, 0.4) is 0 Å². The van der Waals surface area contributed by atoms with Gasteiger partial charge in [0.2, 0.25) is 0 Å². The first-order chi connectivity index (χ1) is 10.1. The van der Waals surface area contributed by atoms with Gasteiger partial charge >= 0.3 is 0 Å². The monoisotopic (exact) mass is 366 g/mol. The Labute approximate surface area is 135 Å². The summed E-state index contributed by atoms with van der Waals surface area (Å²) in [4.78, 5) is 0. The molecule has 1 heterocycles. The zero-order valence-corrected chi connectivity index (χ0v) is 13.5. The molecule has 0 radical (unpaired) electrons. The molecule has 0 saturated carbocycles. The summed E-state index contributed by atoms with van der Waals surface area (Å²) < 4.78 is 11.9. The van der Waals surface area contributed by atoms with Crippen LogP contribution in [-0.4, -0.2) is 12.2 Å². The molecule has 3 aromatic rings. The van der Waals surface area contributed by atoms with Crippen molar-refractivity contribution in [2.24, 2.45) is 0 Å². The van der Waals surface area contributed by atoms with Crippen LogP contribution in [0.2, 0.25) is 5.02 Å². The van der Waals surface area contributed by atoms with Crippen LogP contribution in [-0.2, 0) is 0 Å². The van der Waals surface area contributed by atoms with Gasteiger partial charge in [0, 0.05) is 15.4 Å². The van der Waals surface area contributed by atoms with Crippen LogP contribution >= 0.6 is 27.5 Å². The fraction of sp³-hybridized carbons (Fsp3) is 0.125. The van der Waals surface area contributed by atoms with Crippen molar-refractivity contribution in [1.82, 2.24) is 0 Å². The predicted molar refractivity (Wildman–Crippen MR) is 86.0 cm³/mol. The molecule has 0 saturated heterocycles. The van der Waals surface area contributed by atoms with Gasteiger partial charge in [0.15, 0.2) is 5.58 Å². The van der Waals surface area contributed by atoms with Gasteiger partial charge in [-0.05, 0) is 24.3 Å². The van der Waals surface area contributed by atoms with Gasteiger partial charge in [-0.15, -0.1) is 0 Å². The lowest BCUT2D eigenvalue weighted by atomic mass is 10.1. The highest BCUT2D eigenvalue weighted by atomic mass is 79.9. The summed E-state index contributed by atoms with van der Waals surface area (Å²) in [7, 11) is 1.56. The Bertz CT molecular complexity index is 797. The molecule has 108 valence electrons. The van der Waals surface area contributed by atoms with Crippen molar-refractivity contribution in [1.29, 1.82) is 0 Å². The minimum Gasteiger partial charge on any atom is -0.496 e. The Morgan fingerprint density at radius 3 is 2.76 bits per heavy atom. The van der Waals surface area contributed by atoms with E-state index in [1.54, 1.807) is 31.4 Å². The summed E-state index contributed by atoms with van der Waals surface area (Å²) in [5.74, 6) is 1.02. The molecule has 0 bridgehead atoms. The third-order valence-corrected chi connectivity index (χ3v) is 4.07. The smallest absolute Gasteiger partial charge is 0.153 e. The maximum Gasteiger partial charge on any atom is 0.153 e. The van der Waals surface area contributed by atoms with Gasteiger partial charge in [-0.25, -0.2) is 0 Å². The number of ether oxygens (including phenoxy) is 1. The number of rotatable bonds is 3. The maximum atomic E-state index is 10.6. The topological polar surface area (TPSA) is 42.6 Å². The number of methoxy groups -OCH3 is 1. The lowest BCUT2D eigenvalue weighted by Gasteiger charge is -2.13. The summed E-state index contributed by atoms with van der Waals surface area (Å²) in [6, 6.07) is 12.7. The van der Waals surface area contributed by atoms with Crippen LogP contribution in [0.25, 0.3) is 11.0 Å². The minimum absolute atomic E-state index is 0.429. The van der Waals surface area contributed by atoms with E-state index in [2.05, 4.69) is 15.9 Å². The van der Waals surface area contributed by atoms with Crippen molar-refractivity contribution < 1.29 is 14.3 Å². The summed E-state index contributed by atoms with van der Waals surface area (Å²) in [6.45, 7) is 0. The fourth-order valence-electron chi connectivity index (χ4n) is 2.25. The molecule has 1 N–H and O–H groups in total. The van der Waals surface area contributed by atoms with Crippen LogP contribution < -0.4 is 4.74 Å². The van der Waals surface area contributed by atoms with Gasteiger partial charge in [0.05, 0.1) is 12.1 Å². The number of aliphatic hydroxyl groups is 1. The van der Waals surface area contributed by atoms with Gasteiger partial charge in [-0.2, -0.15) is 0 Å². The van der Waals surface area contributed by atoms with Crippen LogP contribution in [0.1, 0.15) is 17.4 Å². The highest BCUT2D eigenvalue weighted by Gasteiger charge is 2.20. The zero-order valence-electron chi connectivity index (χ0n) is 11.1. The predicted octanol–water partition coefficient (Wildman–Crippen LogP) is 4.94. The SMILES string of the molecule is COc1cc(Br)ccc1C(O)c1cc2cccc(Cl)c2o1. The highest BCUT2D eigenvalue weighted by Crippen LogP contribution is 2.36. The molecule has 0 fully saturated rings. The lowest BCUT2D eigenvalue weighted by molar-refractivity contribution is 0.188. The number of fused-ring (bicyclic) bond motifs is 1. The van der Waals surface area contributed by atoms with E-state index in [-0.39, 0.29) is 0 Å². The van der Waals surface area contributed by atoms with E-state index in [9.17, 15) is 5.11 Å². The van der Waals surface area contributed by atoms with Crippen LogP contribution in [0, 0.1) is 0 Å². The number of hydrogen-bond donors (Lipinski definition) is 1. The molecule has 0 aliphatic heterocycles. The van der Waals surface area contributed by atoms with E-state index >= 15 is 0 Å². The highest BCUT2D eigenvalue weighted by molar-refractivity contribution is 9.10. The van der Waals surface area contributed by atoms with E-state index in [4.69, 9.17) is 20.8 Å². The van der Waals surface area contributed by atoms with Gasteiger partial charge < -0.3 is 14.3 Å². The average molecular weight is 368 g/mol. The molecule has 3 rings (SSSR count). The van der Waals surface area contributed by atoms with E-state index in [0.29, 0.717) is 27.7 Å². The van der Waals surface area contributed by atoms with Crippen LogP contribution in [0.4, 0.5) is 0 Å². The van der Waals surface area contributed by atoms with Crippen molar-refractivity contribution in [2.75, 3.05) is 7.11 Å². The second-order valence-corrected chi connectivity index (χ2v) is 5.92. The summed E-state index contributed by atoms with van der Waals surface area (Å²) >= 11 is 9.47. The molecule has 1 aromatic heterocycles. The fourth-order valence-corrected chi connectivity index (χ4v) is 2.81. The van der Waals surface area contributed by atoms with Gasteiger partial charge in [0.1, 0.15) is 17.6 Å². The number of furan rings is 1. The van der Waals surface area contributed by atoms with Crippen molar-refractivity contribution in [3.63, 3.8) is 0 Å².